The van der Waals surface area contributed by atoms with Gasteiger partial charge in [0.25, 0.3) is 11.8 Å². The third-order valence-electron chi connectivity index (χ3n) is 7.46. The molecule has 2 amide bonds. The molecular formula is C33H32N4O4. The second kappa shape index (κ2) is 11.1. The predicted molar refractivity (Wildman–Crippen MR) is 160 cm³/mol. The molecule has 0 bridgehead atoms. The molecule has 3 aromatic carbocycles. The van der Waals surface area contributed by atoms with Crippen molar-refractivity contribution in [1.29, 1.82) is 0 Å². The second-order valence-corrected chi connectivity index (χ2v) is 10.5. The number of H-pyrrole nitrogens is 1. The lowest BCUT2D eigenvalue weighted by atomic mass is 9.95. The Bertz CT molecular complexity index is 1780. The summed E-state index contributed by atoms with van der Waals surface area (Å²) in [5, 5.41) is 4.25. The average Bonchev–Trinajstić information content (AvgIpc) is 3.64. The van der Waals surface area contributed by atoms with Crippen molar-refractivity contribution >= 4 is 44.8 Å². The van der Waals surface area contributed by atoms with Crippen LogP contribution in [0.4, 0.5) is 0 Å². The van der Waals surface area contributed by atoms with Gasteiger partial charge in [-0.25, -0.2) is 0 Å². The van der Waals surface area contributed by atoms with E-state index in [1.807, 2.05) is 93.1 Å². The molecule has 0 aliphatic carbocycles. The molecule has 1 unspecified atom stereocenters. The molecule has 208 valence electrons. The van der Waals surface area contributed by atoms with E-state index < -0.39 is 11.8 Å². The molecule has 1 aliphatic rings. The van der Waals surface area contributed by atoms with E-state index in [0.717, 1.165) is 33.9 Å². The zero-order chi connectivity index (χ0) is 28.5. The van der Waals surface area contributed by atoms with Gasteiger partial charge in [0.1, 0.15) is 12.4 Å². The normalized spacial score (nSPS) is 14.4. The number of nitrogens with zero attached hydrogens (tertiary/aromatic N) is 2. The minimum absolute atomic E-state index is 0.0800. The average molecular weight is 549 g/mol. The Hall–Kier alpha value is -4.66. The molecule has 3 heterocycles. The van der Waals surface area contributed by atoms with Crippen LogP contribution in [0.1, 0.15) is 16.7 Å². The number of likely N-dealkylation sites (N-methyl/N-ethyl adjacent to an activating group) is 1. The van der Waals surface area contributed by atoms with Gasteiger partial charge >= 0.3 is 0 Å². The third kappa shape index (κ3) is 5.15. The molecule has 5 aromatic rings. The van der Waals surface area contributed by atoms with Crippen LogP contribution >= 0.6 is 0 Å². The molecule has 6 rings (SSSR count). The first-order valence-corrected chi connectivity index (χ1v) is 13.6. The number of fused-ring (bicyclic) bond motifs is 2. The largest absolute Gasteiger partial charge is 0.489 e. The highest BCUT2D eigenvalue weighted by molar-refractivity contribution is 6.50. The summed E-state index contributed by atoms with van der Waals surface area (Å²) in [5.74, 6) is -0.146. The van der Waals surface area contributed by atoms with Gasteiger partial charge in [-0.1, -0.05) is 48.5 Å². The number of imide groups is 1. The molecule has 0 radical (unpaired) electrons. The highest BCUT2D eigenvalue weighted by atomic mass is 16.5. The monoisotopic (exact) mass is 548 g/mol. The number of hydrogen-bond donors (Lipinski definition) is 2. The number of para-hydroxylation sites is 1. The van der Waals surface area contributed by atoms with E-state index in [-0.39, 0.29) is 6.10 Å². The number of amides is 2. The van der Waals surface area contributed by atoms with Crippen LogP contribution in [0.15, 0.2) is 85.2 Å². The first-order valence-electron chi connectivity index (χ1n) is 13.6. The maximum atomic E-state index is 13.4. The van der Waals surface area contributed by atoms with Crippen LogP contribution in [-0.2, 0) is 27.5 Å². The molecule has 2 aromatic heterocycles. The fourth-order valence-electron chi connectivity index (χ4n) is 5.54. The van der Waals surface area contributed by atoms with Gasteiger partial charge in [0.2, 0.25) is 0 Å². The van der Waals surface area contributed by atoms with Crippen molar-refractivity contribution in [1.82, 2.24) is 19.8 Å². The van der Waals surface area contributed by atoms with Crippen molar-refractivity contribution < 1.29 is 19.1 Å². The van der Waals surface area contributed by atoms with Crippen LogP contribution in [0.3, 0.4) is 0 Å². The van der Waals surface area contributed by atoms with Crippen molar-refractivity contribution in [2.24, 2.45) is 0 Å². The molecular weight excluding hydrogens is 516 g/mol. The van der Waals surface area contributed by atoms with Crippen molar-refractivity contribution in [3.8, 4) is 5.75 Å². The quantitative estimate of drug-likeness (QED) is 0.244. The minimum Gasteiger partial charge on any atom is -0.489 e. The molecule has 0 fully saturated rings. The van der Waals surface area contributed by atoms with Crippen LogP contribution in [0.2, 0.25) is 0 Å². The summed E-state index contributed by atoms with van der Waals surface area (Å²) in [6.07, 6.45) is 3.67. The molecule has 8 nitrogen and oxygen atoms in total. The van der Waals surface area contributed by atoms with Crippen LogP contribution in [0.25, 0.3) is 33.0 Å². The SMILES string of the molecule is COC(CN(C)C)Cn1cc(C2=C(c3c[nH]c4ccccc34)C(=O)NC2=O)c2cc(OCc3ccccc3)ccc21. The number of aromatic amines is 1. The summed E-state index contributed by atoms with van der Waals surface area (Å²) < 4.78 is 14.0. The van der Waals surface area contributed by atoms with E-state index in [2.05, 4.69) is 19.8 Å². The van der Waals surface area contributed by atoms with Crippen molar-refractivity contribution in [2.75, 3.05) is 27.7 Å². The first kappa shape index (κ1) is 26.6. The summed E-state index contributed by atoms with van der Waals surface area (Å²) in [6, 6.07) is 23.6. The number of hydrogen-bond acceptors (Lipinski definition) is 5. The van der Waals surface area contributed by atoms with Crippen LogP contribution < -0.4 is 10.1 Å². The molecule has 0 saturated heterocycles. The highest BCUT2D eigenvalue weighted by Crippen LogP contribution is 2.39. The zero-order valence-corrected chi connectivity index (χ0v) is 23.3. The number of carbonyl (C=O) groups is 2. The summed E-state index contributed by atoms with van der Waals surface area (Å²) in [4.78, 5) is 32.0. The zero-order valence-electron chi connectivity index (χ0n) is 23.3. The van der Waals surface area contributed by atoms with Crippen molar-refractivity contribution in [3.63, 3.8) is 0 Å². The molecule has 0 saturated carbocycles. The topological polar surface area (TPSA) is 88.6 Å². The van der Waals surface area contributed by atoms with E-state index >= 15 is 0 Å². The van der Waals surface area contributed by atoms with E-state index in [1.165, 1.54) is 0 Å². The van der Waals surface area contributed by atoms with Gasteiger partial charge in [-0.2, -0.15) is 0 Å². The number of methoxy groups -OCH3 is 1. The van der Waals surface area contributed by atoms with Gasteiger partial charge in [-0.15, -0.1) is 0 Å². The Kier molecular flexibility index (Phi) is 7.17. The Morgan fingerprint density at radius 2 is 1.61 bits per heavy atom. The number of rotatable bonds is 10. The molecule has 8 heteroatoms. The van der Waals surface area contributed by atoms with Gasteiger partial charge in [-0.3, -0.25) is 14.9 Å². The van der Waals surface area contributed by atoms with Gasteiger partial charge in [0, 0.05) is 59.0 Å². The molecule has 1 atom stereocenters. The number of carbonyl (C=O) groups excluding carboxylic acids is 2. The Morgan fingerprint density at radius 1 is 0.878 bits per heavy atom. The lowest BCUT2D eigenvalue weighted by Crippen LogP contribution is -2.31. The van der Waals surface area contributed by atoms with Gasteiger partial charge in [0.05, 0.1) is 23.8 Å². The standard InChI is InChI=1S/C33H32N4O4/c1-36(2)17-23(40-3)18-37-19-27(25-15-22(13-14-29(25)37)41-20-21-9-5-4-6-10-21)31-30(32(38)35-33(31)39)26-16-34-28-12-8-7-11-24(26)28/h4-16,19,23,34H,17-18,20H2,1-3H3,(H,35,38,39). The Morgan fingerprint density at radius 3 is 2.37 bits per heavy atom. The summed E-state index contributed by atoms with van der Waals surface area (Å²) in [7, 11) is 5.72. The molecule has 0 spiro atoms. The summed E-state index contributed by atoms with van der Waals surface area (Å²) in [5.41, 5.74) is 4.95. The summed E-state index contributed by atoms with van der Waals surface area (Å²) >= 11 is 0. The summed E-state index contributed by atoms with van der Waals surface area (Å²) in [6.45, 7) is 1.71. The van der Waals surface area contributed by atoms with E-state index in [0.29, 0.717) is 41.2 Å². The Balaban J connectivity index is 1.50. The van der Waals surface area contributed by atoms with E-state index in [1.54, 1.807) is 13.3 Å². The van der Waals surface area contributed by atoms with Crippen LogP contribution in [0.5, 0.6) is 5.75 Å². The third-order valence-corrected chi connectivity index (χ3v) is 7.46. The fraction of sp³-hybridized carbons (Fsp3) is 0.212. The van der Waals surface area contributed by atoms with Crippen LogP contribution in [0, 0.1) is 0 Å². The Labute approximate surface area is 238 Å². The van der Waals surface area contributed by atoms with Crippen molar-refractivity contribution in [2.45, 2.75) is 19.3 Å². The maximum absolute atomic E-state index is 13.4. The molecule has 2 N–H and O–H groups in total. The smallest absolute Gasteiger partial charge is 0.259 e. The number of nitrogens with one attached hydrogen (secondary N) is 2. The predicted octanol–water partition coefficient (Wildman–Crippen LogP) is 4.85. The molecule has 1 aliphatic heterocycles. The van der Waals surface area contributed by atoms with E-state index in [4.69, 9.17) is 9.47 Å². The fourth-order valence-corrected chi connectivity index (χ4v) is 5.54. The van der Waals surface area contributed by atoms with Gasteiger partial charge < -0.3 is 23.9 Å². The number of ether oxygens (including phenoxy) is 2. The lowest BCUT2D eigenvalue weighted by Gasteiger charge is -2.20. The maximum Gasteiger partial charge on any atom is 0.259 e. The lowest BCUT2D eigenvalue weighted by molar-refractivity contribution is -0.122. The number of aromatic nitrogens is 2. The van der Waals surface area contributed by atoms with Gasteiger partial charge in [-0.05, 0) is 43.9 Å². The minimum atomic E-state index is -0.415. The highest BCUT2D eigenvalue weighted by Gasteiger charge is 2.35. The van der Waals surface area contributed by atoms with Gasteiger partial charge in [0.15, 0.2) is 0 Å². The first-order chi connectivity index (χ1) is 19.9. The number of benzene rings is 3. The second-order valence-electron chi connectivity index (χ2n) is 10.5. The van der Waals surface area contributed by atoms with E-state index in [9.17, 15) is 9.59 Å². The molecule has 41 heavy (non-hydrogen) atoms. The van der Waals surface area contributed by atoms with Crippen LogP contribution in [-0.4, -0.2) is 60.1 Å². The van der Waals surface area contributed by atoms with Crippen molar-refractivity contribution in [3.05, 3.63) is 102 Å².